The lowest BCUT2D eigenvalue weighted by molar-refractivity contribution is -0.126. The highest BCUT2D eigenvalue weighted by atomic mass is 16.1. The average molecular weight is 211 g/mol. The van der Waals surface area contributed by atoms with Crippen molar-refractivity contribution < 1.29 is 4.79 Å². The summed E-state index contributed by atoms with van der Waals surface area (Å²) in [6.07, 6.45) is 9.68. The SMILES string of the molecule is CCC(C)NC(=O)C1CCCCCCC1. The molecule has 0 aliphatic heterocycles. The molecule has 0 aromatic heterocycles. The van der Waals surface area contributed by atoms with Crippen molar-refractivity contribution in [3.63, 3.8) is 0 Å². The van der Waals surface area contributed by atoms with Gasteiger partial charge in [0.15, 0.2) is 0 Å². The van der Waals surface area contributed by atoms with Crippen LogP contribution in [0.15, 0.2) is 0 Å². The molecule has 1 aliphatic rings. The molecule has 1 rings (SSSR count). The number of amides is 1. The van der Waals surface area contributed by atoms with Gasteiger partial charge in [-0.3, -0.25) is 4.79 Å². The van der Waals surface area contributed by atoms with Gasteiger partial charge in [-0.2, -0.15) is 0 Å². The van der Waals surface area contributed by atoms with Crippen LogP contribution >= 0.6 is 0 Å². The van der Waals surface area contributed by atoms with E-state index in [0.717, 1.165) is 19.3 Å². The Bertz CT molecular complexity index is 183. The van der Waals surface area contributed by atoms with Gasteiger partial charge in [0, 0.05) is 12.0 Å². The Morgan fingerprint density at radius 1 is 1.20 bits per heavy atom. The topological polar surface area (TPSA) is 29.1 Å². The summed E-state index contributed by atoms with van der Waals surface area (Å²) in [5, 5.41) is 3.11. The van der Waals surface area contributed by atoms with Crippen LogP contribution in [0.3, 0.4) is 0 Å². The average Bonchev–Trinajstić information content (AvgIpc) is 2.16. The van der Waals surface area contributed by atoms with E-state index in [1.807, 2.05) is 0 Å². The first-order chi connectivity index (χ1) is 7.24. The molecule has 1 unspecified atom stereocenters. The zero-order chi connectivity index (χ0) is 11.1. The minimum Gasteiger partial charge on any atom is -0.353 e. The molecule has 88 valence electrons. The Morgan fingerprint density at radius 3 is 2.27 bits per heavy atom. The van der Waals surface area contributed by atoms with Crippen molar-refractivity contribution in [2.75, 3.05) is 0 Å². The molecule has 1 amide bonds. The molecule has 0 aromatic carbocycles. The zero-order valence-corrected chi connectivity index (χ0v) is 10.2. The van der Waals surface area contributed by atoms with Crippen molar-refractivity contribution >= 4 is 5.91 Å². The van der Waals surface area contributed by atoms with E-state index in [1.54, 1.807) is 0 Å². The second-order valence-corrected chi connectivity index (χ2v) is 4.86. The van der Waals surface area contributed by atoms with Crippen LogP contribution in [-0.4, -0.2) is 11.9 Å². The van der Waals surface area contributed by atoms with E-state index in [-0.39, 0.29) is 0 Å². The van der Waals surface area contributed by atoms with Crippen LogP contribution in [0.25, 0.3) is 0 Å². The van der Waals surface area contributed by atoms with E-state index < -0.39 is 0 Å². The summed E-state index contributed by atoms with van der Waals surface area (Å²) >= 11 is 0. The molecular formula is C13H25NO. The van der Waals surface area contributed by atoms with Crippen molar-refractivity contribution in [2.24, 2.45) is 5.92 Å². The molecule has 15 heavy (non-hydrogen) atoms. The minimum atomic E-state index is 0.291. The molecule has 1 aliphatic carbocycles. The number of hydrogen-bond donors (Lipinski definition) is 1. The molecule has 1 fully saturated rings. The number of carbonyl (C=O) groups is 1. The standard InChI is InChI=1S/C13H25NO/c1-3-11(2)14-13(15)12-9-7-5-4-6-8-10-12/h11-12H,3-10H2,1-2H3,(H,14,15). The normalized spacial score (nSPS) is 21.5. The molecule has 1 saturated carbocycles. The summed E-state index contributed by atoms with van der Waals surface area (Å²) in [6.45, 7) is 4.20. The van der Waals surface area contributed by atoms with Gasteiger partial charge in [0.25, 0.3) is 0 Å². The summed E-state index contributed by atoms with van der Waals surface area (Å²) in [5.74, 6) is 0.588. The van der Waals surface area contributed by atoms with Gasteiger partial charge < -0.3 is 5.32 Å². The number of carbonyl (C=O) groups excluding carboxylic acids is 1. The molecule has 0 bridgehead atoms. The van der Waals surface area contributed by atoms with Crippen molar-refractivity contribution in [2.45, 2.75) is 71.3 Å². The lowest BCUT2D eigenvalue weighted by Crippen LogP contribution is -2.37. The molecule has 2 nitrogen and oxygen atoms in total. The van der Waals surface area contributed by atoms with Gasteiger partial charge >= 0.3 is 0 Å². The molecule has 0 aromatic rings. The molecule has 0 heterocycles. The van der Waals surface area contributed by atoms with Crippen LogP contribution in [0.1, 0.15) is 65.2 Å². The fourth-order valence-corrected chi connectivity index (χ4v) is 2.18. The summed E-state index contributed by atoms with van der Waals surface area (Å²) in [7, 11) is 0. The Hall–Kier alpha value is -0.530. The lowest BCUT2D eigenvalue weighted by atomic mass is 9.90. The van der Waals surface area contributed by atoms with Crippen LogP contribution in [-0.2, 0) is 4.79 Å². The summed E-state index contributed by atoms with van der Waals surface area (Å²) < 4.78 is 0. The van der Waals surface area contributed by atoms with E-state index in [2.05, 4.69) is 19.2 Å². The lowest BCUT2D eigenvalue weighted by Gasteiger charge is -2.21. The fourth-order valence-electron chi connectivity index (χ4n) is 2.18. The predicted molar refractivity (Wildman–Crippen MR) is 63.7 cm³/mol. The summed E-state index contributed by atoms with van der Waals surface area (Å²) in [5.41, 5.74) is 0. The smallest absolute Gasteiger partial charge is 0.223 e. The Balaban J connectivity index is 2.34. The molecule has 0 radical (unpaired) electrons. The van der Waals surface area contributed by atoms with Crippen molar-refractivity contribution in [1.82, 2.24) is 5.32 Å². The Kier molecular flexibility index (Phi) is 5.74. The van der Waals surface area contributed by atoms with E-state index >= 15 is 0 Å². The number of rotatable bonds is 3. The van der Waals surface area contributed by atoms with Gasteiger partial charge in [-0.05, 0) is 26.2 Å². The first kappa shape index (κ1) is 12.5. The van der Waals surface area contributed by atoms with Crippen molar-refractivity contribution in [3.8, 4) is 0 Å². The molecule has 0 saturated heterocycles. The monoisotopic (exact) mass is 211 g/mol. The molecule has 1 N–H and O–H groups in total. The van der Waals surface area contributed by atoms with Crippen LogP contribution in [0, 0.1) is 5.92 Å². The van der Waals surface area contributed by atoms with Gasteiger partial charge in [-0.25, -0.2) is 0 Å². The molecule has 0 spiro atoms. The fraction of sp³-hybridized carbons (Fsp3) is 0.923. The highest BCUT2D eigenvalue weighted by Gasteiger charge is 2.19. The van der Waals surface area contributed by atoms with Crippen molar-refractivity contribution in [3.05, 3.63) is 0 Å². The quantitative estimate of drug-likeness (QED) is 0.762. The largest absolute Gasteiger partial charge is 0.353 e. The highest BCUT2D eigenvalue weighted by Crippen LogP contribution is 2.22. The molecular weight excluding hydrogens is 186 g/mol. The Labute approximate surface area is 93.8 Å². The van der Waals surface area contributed by atoms with Gasteiger partial charge in [0.2, 0.25) is 5.91 Å². The van der Waals surface area contributed by atoms with E-state index in [1.165, 1.54) is 32.1 Å². The van der Waals surface area contributed by atoms with Crippen LogP contribution < -0.4 is 5.32 Å². The van der Waals surface area contributed by atoms with Gasteiger partial charge in [-0.1, -0.05) is 39.0 Å². The van der Waals surface area contributed by atoms with Gasteiger partial charge in [0.05, 0.1) is 0 Å². The van der Waals surface area contributed by atoms with Gasteiger partial charge in [-0.15, -0.1) is 0 Å². The maximum absolute atomic E-state index is 11.9. The van der Waals surface area contributed by atoms with E-state index in [9.17, 15) is 4.79 Å². The highest BCUT2D eigenvalue weighted by molar-refractivity contribution is 5.78. The Morgan fingerprint density at radius 2 is 1.73 bits per heavy atom. The van der Waals surface area contributed by atoms with Crippen LogP contribution in [0.4, 0.5) is 0 Å². The van der Waals surface area contributed by atoms with E-state index in [0.29, 0.717) is 17.9 Å². The summed E-state index contributed by atoms with van der Waals surface area (Å²) in [6, 6.07) is 0.336. The second kappa shape index (κ2) is 6.86. The second-order valence-electron chi connectivity index (χ2n) is 4.86. The van der Waals surface area contributed by atoms with Crippen molar-refractivity contribution in [1.29, 1.82) is 0 Å². The van der Waals surface area contributed by atoms with Gasteiger partial charge in [0.1, 0.15) is 0 Å². The first-order valence-electron chi connectivity index (χ1n) is 6.54. The third-order valence-corrected chi connectivity index (χ3v) is 3.48. The first-order valence-corrected chi connectivity index (χ1v) is 6.54. The summed E-state index contributed by atoms with van der Waals surface area (Å²) in [4.78, 5) is 11.9. The number of nitrogens with one attached hydrogen (secondary N) is 1. The maximum atomic E-state index is 11.9. The van der Waals surface area contributed by atoms with Crippen LogP contribution in [0.2, 0.25) is 0 Å². The third-order valence-electron chi connectivity index (χ3n) is 3.48. The molecule has 1 atom stereocenters. The van der Waals surface area contributed by atoms with Crippen LogP contribution in [0.5, 0.6) is 0 Å². The maximum Gasteiger partial charge on any atom is 0.223 e. The molecule has 2 heteroatoms. The zero-order valence-electron chi connectivity index (χ0n) is 10.2. The predicted octanol–water partition coefficient (Wildman–Crippen LogP) is 3.26. The van der Waals surface area contributed by atoms with E-state index in [4.69, 9.17) is 0 Å². The minimum absolute atomic E-state index is 0.291. The third kappa shape index (κ3) is 4.67. The number of hydrogen-bond acceptors (Lipinski definition) is 1.